The molecule has 92 valence electrons. The molecule has 2 rings (SSSR count). The third-order valence-electron chi connectivity index (χ3n) is 3.70. The van der Waals surface area contributed by atoms with Gasteiger partial charge >= 0.3 is 0 Å². The number of nitrogens with one attached hydrogen (secondary N) is 1. The maximum atomic E-state index is 5.97. The quantitative estimate of drug-likeness (QED) is 0.715. The molecule has 0 saturated carbocycles. The average Bonchev–Trinajstić information content (AvgIpc) is 2.77. The predicted molar refractivity (Wildman–Crippen MR) is 66.6 cm³/mol. The highest BCUT2D eigenvalue weighted by molar-refractivity contribution is 4.97. The summed E-state index contributed by atoms with van der Waals surface area (Å²) in [6.07, 6.45) is 6.09. The van der Waals surface area contributed by atoms with E-state index in [1.807, 2.05) is 6.08 Å². The van der Waals surface area contributed by atoms with E-state index in [1.54, 1.807) is 0 Å². The van der Waals surface area contributed by atoms with Gasteiger partial charge in [0.25, 0.3) is 0 Å². The van der Waals surface area contributed by atoms with Crippen molar-refractivity contribution in [1.29, 1.82) is 0 Å². The summed E-state index contributed by atoms with van der Waals surface area (Å²) in [5.74, 6) is 0. The molecule has 1 N–H and O–H groups in total. The van der Waals surface area contributed by atoms with Crippen molar-refractivity contribution in [3.8, 4) is 0 Å². The Hall–Kier alpha value is -0.380. The third-order valence-corrected chi connectivity index (χ3v) is 3.70. The molecule has 0 aromatic carbocycles. The standard InChI is InChI=1S/C13H24N2O/c1-3-7-14-12(4-2)13-9-15-8-5-6-11(15)10-16-13/h4,11-14H,2-3,5-10H2,1H3. The Kier molecular flexibility index (Phi) is 4.38. The first kappa shape index (κ1) is 12.1. The first-order valence-electron chi connectivity index (χ1n) is 6.56. The average molecular weight is 224 g/mol. The zero-order valence-corrected chi connectivity index (χ0v) is 10.3. The van der Waals surface area contributed by atoms with E-state index in [2.05, 4.69) is 23.7 Å². The summed E-state index contributed by atoms with van der Waals surface area (Å²) in [5, 5.41) is 3.50. The minimum Gasteiger partial charge on any atom is -0.373 e. The van der Waals surface area contributed by atoms with Gasteiger partial charge in [-0.3, -0.25) is 4.90 Å². The van der Waals surface area contributed by atoms with E-state index >= 15 is 0 Å². The Balaban J connectivity index is 1.86. The van der Waals surface area contributed by atoms with Crippen LogP contribution in [0.5, 0.6) is 0 Å². The van der Waals surface area contributed by atoms with E-state index in [4.69, 9.17) is 4.74 Å². The number of nitrogens with zero attached hydrogens (tertiary/aromatic N) is 1. The molecule has 16 heavy (non-hydrogen) atoms. The largest absolute Gasteiger partial charge is 0.373 e. The van der Waals surface area contributed by atoms with E-state index in [0.717, 1.165) is 26.1 Å². The number of hydrogen-bond acceptors (Lipinski definition) is 3. The van der Waals surface area contributed by atoms with Crippen LogP contribution in [0, 0.1) is 0 Å². The molecule has 0 amide bonds. The van der Waals surface area contributed by atoms with Gasteiger partial charge in [-0.1, -0.05) is 13.0 Å². The van der Waals surface area contributed by atoms with Crippen molar-refractivity contribution < 1.29 is 4.74 Å². The van der Waals surface area contributed by atoms with Gasteiger partial charge in [-0.25, -0.2) is 0 Å². The van der Waals surface area contributed by atoms with Crippen LogP contribution in [0.1, 0.15) is 26.2 Å². The fraction of sp³-hybridized carbons (Fsp3) is 0.846. The fourth-order valence-corrected chi connectivity index (χ4v) is 2.74. The summed E-state index contributed by atoms with van der Waals surface area (Å²) in [5.41, 5.74) is 0. The normalized spacial score (nSPS) is 32.3. The van der Waals surface area contributed by atoms with Crippen LogP contribution in [0.4, 0.5) is 0 Å². The van der Waals surface area contributed by atoms with Gasteiger partial charge in [-0.05, 0) is 32.4 Å². The number of rotatable bonds is 5. The van der Waals surface area contributed by atoms with Crippen LogP contribution >= 0.6 is 0 Å². The Labute approximate surface area is 98.8 Å². The molecule has 3 unspecified atom stereocenters. The predicted octanol–water partition coefficient (Wildman–Crippen LogP) is 1.40. The number of hydrogen-bond donors (Lipinski definition) is 1. The number of ether oxygens (including phenoxy) is 1. The van der Waals surface area contributed by atoms with Gasteiger partial charge in [0.1, 0.15) is 0 Å². The summed E-state index contributed by atoms with van der Waals surface area (Å²) >= 11 is 0. The van der Waals surface area contributed by atoms with Gasteiger partial charge in [0.15, 0.2) is 0 Å². The van der Waals surface area contributed by atoms with Crippen molar-refractivity contribution in [3.05, 3.63) is 12.7 Å². The molecule has 2 heterocycles. The molecule has 3 nitrogen and oxygen atoms in total. The van der Waals surface area contributed by atoms with E-state index in [1.165, 1.54) is 19.4 Å². The van der Waals surface area contributed by atoms with Crippen molar-refractivity contribution >= 4 is 0 Å². The van der Waals surface area contributed by atoms with Gasteiger partial charge < -0.3 is 10.1 Å². The molecule has 3 heteroatoms. The number of morpholine rings is 1. The maximum Gasteiger partial charge on any atom is 0.0891 e. The summed E-state index contributed by atoms with van der Waals surface area (Å²) in [7, 11) is 0. The molecule has 0 aliphatic carbocycles. The summed E-state index contributed by atoms with van der Waals surface area (Å²) in [6, 6.07) is 0.995. The van der Waals surface area contributed by atoms with Gasteiger partial charge in [-0.2, -0.15) is 0 Å². The molecule has 2 fully saturated rings. The van der Waals surface area contributed by atoms with Gasteiger partial charge in [0.05, 0.1) is 18.8 Å². The lowest BCUT2D eigenvalue weighted by molar-refractivity contribution is -0.0575. The highest BCUT2D eigenvalue weighted by atomic mass is 16.5. The van der Waals surface area contributed by atoms with Crippen LogP contribution < -0.4 is 5.32 Å². The second-order valence-electron chi connectivity index (χ2n) is 4.88. The van der Waals surface area contributed by atoms with Crippen LogP contribution in [0.2, 0.25) is 0 Å². The van der Waals surface area contributed by atoms with Crippen LogP contribution in [-0.4, -0.2) is 49.3 Å². The van der Waals surface area contributed by atoms with Crippen molar-refractivity contribution in [2.45, 2.75) is 44.4 Å². The molecule has 0 radical (unpaired) electrons. The second-order valence-corrected chi connectivity index (χ2v) is 4.88. The maximum absolute atomic E-state index is 5.97. The van der Waals surface area contributed by atoms with Crippen LogP contribution in [0.25, 0.3) is 0 Å². The monoisotopic (exact) mass is 224 g/mol. The van der Waals surface area contributed by atoms with Crippen molar-refractivity contribution in [1.82, 2.24) is 10.2 Å². The minimum atomic E-state index is 0.290. The lowest BCUT2D eigenvalue weighted by Crippen LogP contribution is -2.53. The topological polar surface area (TPSA) is 24.5 Å². The second kappa shape index (κ2) is 5.80. The minimum absolute atomic E-state index is 0.290. The molecular formula is C13H24N2O. The Morgan fingerprint density at radius 2 is 2.50 bits per heavy atom. The molecule has 2 aliphatic rings. The van der Waals surface area contributed by atoms with Crippen LogP contribution in [0.15, 0.2) is 12.7 Å². The van der Waals surface area contributed by atoms with Crippen molar-refractivity contribution in [2.75, 3.05) is 26.2 Å². The highest BCUT2D eigenvalue weighted by Gasteiger charge is 2.34. The number of fused-ring (bicyclic) bond motifs is 1. The van der Waals surface area contributed by atoms with E-state index in [-0.39, 0.29) is 0 Å². The smallest absolute Gasteiger partial charge is 0.0891 e. The van der Waals surface area contributed by atoms with Gasteiger partial charge in [0, 0.05) is 12.6 Å². The van der Waals surface area contributed by atoms with E-state index < -0.39 is 0 Å². The fourth-order valence-electron chi connectivity index (χ4n) is 2.74. The summed E-state index contributed by atoms with van der Waals surface area (Å²) < 4.78 is 5.97. The zero-order chi connectivity index (χ0) is 11.4. The Morgan fingerprint density at radius 3 is 3.25 bits per heavy atom. The molecule has 2 aliphatic heterocycles. The lowest BCUT2D eigenvalue weighted by Gasteiger charge is -2.38. The lowest BCUT2D eigenvalue weighted by atomic mass is 10.1. The Bertz CT molecular complexity index is 232. The zero-order valence-electron chi connectivity index (χ0n) is 10.3. The molecule has 0 spiro atoms. The van der Waals surface area contributed by atoms with E-state index in [9.17, 15) is 0 Å². The molecular weight excluding hydrogens is 200 g/mol. The molecule has 0 aromatic heterocycles. The van der Waals surface area contributed by atoms with Crippen LogP contribution in [0.3, 0.4) is 0 Å². The van der Waals surface area contributed by atoms with Crippen LogP contribution in [-0.2, 0) is 4.74 Å². The summed E-state index contributed by atoms with van der Waals surface area (Å²) in [4.78, 5) is 2.58. The first-order chi connectivity index (χ1) is 7.85. The molecule has 2 saturated heterocycles. The Morgan fingerprint density at radius 1 is 1.62 bits per heavy atom. The van der Waals surface area contributed by atoms with Crippen molar-refractivity contribution in [2.24, 2.45) is 0 Å². The van der Waals surface area contributed by atoms with Crippen molar-refractivity contribution in [3.63, 3.8) is 0 Å². The van der Waals surface area contributed by atoms with Gasteiger partial charge in [0.2, 0.25) is 0 Å². The van der Waals surface area contributed by atoms with E-state index in [0.29, 0.717) is 18.2 Å². The third kappa shape index (κ3) is 2.65. The summed E-state index contributed by atoms with van der Waals surface area (Å²) in [6.45, 7) is 10.4. The SMILES string of the molecule is C=CC(NCCC)C1CN2CCCC2CO1. The first-order valence-corrected chi connectivity index (χ1v) is 6.56. The molecule has 3 atom stereocenters. The molecule has 0 aromatic rings. The highest BCUT2D eigenvalue weighted by Crippen LogP contribution is 2.23. The van der Waals surface area contributed by atoms with Gasteiger partial charge in [-0.15, -0.1) is 6.58 Å². The molecule has 0 bridgehead atoms.